The molecule has 1 atom stereocenters. The maximum absolute atomic E-state index is 5.93. The predicted octanol–water partition coefficient (Wildman–Crippen LogP) is 0.890. The number of nitrogens with one attached hydrogen (secondary N) is 1. The minimum atomic E-state index is -0.166. The summed E-state index contributed by atoms with van der Waals surface area (Å²) >= 11 is 0. The molecule has 2 aliphatic heterocycles. The van der Waals surface area contributed by atoms with Crippen molar-refractivity contribution in [3.63, 3.8) is 0 Å². The van der Waals surface area contributed by atoms with Crippen LogP contribution in [0.1, 0.15) is 27.2 Å². The molecule has 0 radical (unpaired) electrons. The Morgan fingerprint density at radius 2 is 2.00 bits per heavy atom. The van der Waals surface area contributed by atoms with Crippen molar-refractivity contribution in [3.8, 4) is 0 Å². The molecule has 0 aromatic heterocycles. The van der Waals surface area contributed by atoms with Crippen LogP contribution in [0.15, 0.2) is 0 Å². The Kier molecular flexibility index (Phi) is 1.72. The third-order valence-electron chi connectivity index (χ3n) is 2.45. The number of rotatable bonds is 0. The molecule has 0 bridgehead atoms. The smallest absolute Gasteiger partial charge is 0.167 e. The third-order valence-corrected chi connectivity index (χ3v) is 2.45. The van der Waals surface area contributed by atoms with E-state index in [2.05, 4.69) is 26.1 Å². The van der Waals surface area contributed by atoms with Gasteiger partial charge in [0.2, 0.25) is 0 Å². The van der Waals surface area contributed by atoms with E-state index < -0.39 is 0 Å². The van der Waals surface area contributed by atoms with Crippen LogP contribution in [-0.4, -0.2) is 30.6 Å². The summed E-state index contributed by atoms with van der Waals surface area (Å²) in [6.07, 6.45) is 1.06. The van der Waals surface area contributed by atoms with Gasteiger partial charge in [0.1, 0.15) is 0 Å². The predicted molar refractivity (Wildman–Crippen MR) is 45.9 cm³/mol. The van der Waals surface area contributed by atoms with Gasteiger partial charge in [0.15, 0.2) is 5.72 Å². The Labute approximate surface area is 73.4 Å². The summed E-state index contributed by atoms with van der Waals surface area (Å²) in [5.41, 5.74) is -0.171. The first kappa shape index (κ1) is 8.48. The molecule has 2 heterocycles. The fourth-order valence-corrected chi connectivity index (χ4v) is 2.27. The average Bonchev–Trinajstić information content (AvgIpc) is 1.79. The topological polar surface area (TPSA) is 30.5 Å². The Morgan fingerprint density at radius 1 is 1.33 bits per heavy atom. The van der Waals surface area contributed by atoms with Crippen molar-refractivity contribution in [2.24, 2.45) is 0 Å². The van der Waals surface area contributed by atoms with Crippen molar-refractivity contribution in [1.29, 1.82) is 0 Å². The molecule has 70 valence electrons. The van der Waals surface area contributed by atoms with Crippen molar-refractivity contribution in [2.75, 3.05) is 13.2 Å². The molecule has 2 fully saturated rings. The Bertz CT molecular complexity index is 187. The maximum atomic E-state index is 5.93. The molecule has 0 aliphatic carbocycles. The summed E-state index contributed by atoms with van der Waals surface area (Å²) in [7, 11) is 0. The molecule has 2 rings (SSSR count). The molecular weight excluding hydrogens is 154 g/mol. The molecule has 3 nitrogen and oxygen atoms in total. The van der Waals surface area contributed by atoms with Crippen LogP contribution in [-0.2, 0) is 9.47 Å². The van der Waals surface area contributed by atoms with Crippen LogP contribution < -0.4 is 5.32 Å². The van der Waals surface area contributed by atoms with E-state index in [1.165, 1.54) is 0 Å². The van der Waals surface area contributed by atoms with Crippen molar-refractivity contribution < 1.29 is 9.47 Å². The quantitative estimate of drug-likeness (QED) is 0.587. The molecule has 12 heavy (non-hydrogen) atoms. The van der Waals surface area contributed by atoms with Crippen molar-refractivity contribution in [1.82, 2.24) is 5.32 Å². The fourth-order valence-electron chi connectivity index (χ4n) is 2.27. The van der Waals surface area contributed by atoms with Crippen LogP contribution in [0.5, 0.6) is 0 Å². The number of ether oxygens (including phenoxy) is 2. The van der Waals surface area contributed by atoms with Gasteiger partial charge in [-0.1, -0.05) is 0 Å². The Balaban J connectivity index is 2.08. The van der Waals surface area contributed by atoms with Gasteiger partial charge in [-0.25, -0.2) is 0 Å². The van der Waals surface area contributed by atoms with Gasteiger partial charge >= 0.3 is 0 Å². The SMILES string of the molecule is CC1CC(C)(C)OC2(COC2)N1. The molecule has 1 unspecified atom stereocenters. The van der Waals surface area contributed by atoms with Crippen molar-refractivity contribution in [2.45, 2.75) is 44.6 Å². The zero-order valence-electron chi connectivity index (χ0n) is 8.02. The van der Waals surface area contributed by atoms with Gasteiger partial charge < -0.3 is 9.47 Å². The summed E-state index contributed by atoms with van der Waals surface area (Å²) in [5, 5.41) is 3.44. The highest BCUT2D eigenvalue weighted by Gasteiger charge is 2.48. The molecule has 0 saturated carbocycles. The monoisotopic (exact) mass is 171 g/mol. The van der Waals surface area contributed by atoms with E-state index >= 15 is 0 Å². The molecule has 1 spiro atoms. The fraction of sp³-hybridized carbons (Fsp3) is 1.00. The van der Waals surface area contributed by atoms with E-state index in [0.717, 1.165) is 6.42 Å². The van der Waals surface area contributed by atoms with E-state index in [1.807, 2.05) is 0 Å². The summed E-state index contributed by atoms with van der Waals surface area (Å²) in [6, 6.07) is 0.526. The van der Waals surface area contributed by atoms with Gasteiger partial charge in [-0.2, -0.15) is 0 Å². The largest absolute Gasteiger partial charge is 0.372 e. The first-order chi connectivity index (χ1) is 5.52. The van der Waals surface area contributed by atoms with Crippen LogP contribution in [0.4, 0.5) is 0 Å². The van der Waals surface area contributed by atoms with Crippen molar-refractivity contribution >= 4 is 0 Å². The van der Waals surface area contributed by atoms with Crippen LogP contribution in [0, 0.1) is 0 Å². The molecule has 0 amide bonds. The minimum Gasteiger partial charge on any atom is -0.372 e. The van der Waals surface area contributed by atoms with E-state index in [0.29, 0.717) is 19.3 Å². The zero-order chi connectivity index (χ0) is 8.82. The summed E-state index contributed by atoms with van der Waals surface area (Å²) in [5.74, 6) is 0. The van der Waals surface area contributed by atoms with E-state index in [-0.39, 0.29) is 11.3 Å². The second-order valence-electron chi connectivity index (χ2n) is 4.60. The Morgan fingerprint density at radius 3 is 2.42 bits per heavy atom. The molecule has 3 heteroatoms. The van der Waals surface area contributed by atoms with E-state index in [4.69, 9.17) is 9.47 Å². The molecule has 0 aromatic rings. The highest BCUT2D eigenvalue weighted by Crippen LogP contribution is 2.33. The molecule has 2 aliphatic rings. The van der Waals surface area contributed by atoms with Gasteiger partial charge in [-0.15, -0.1) is 0 Å². The average molecular weight is 171 g/mol. The standard InChI is InChI=1S/C9H17NO2/c1-7-4-8(2,3)12-9(10-7)5-11-6-9/h7,10H,4-6H2,1-3H3. The second-order valence-corrected chi connectivity index (χ2v) is 4.60. The summed E-state index contributed by atoms with van der Waals surface area (Å²) in [4.78, 5) is 0. The lowest BCUT2D eigenvalue weighted by atomic mass is 9.94. The maximum Gasteiger partial charge on any atom is 0.167 e. The lowest BCUT2D eigenvalue weighted by molar-refractivity contribution is -0.292. The van der Waals surface area contributed by atoms with Crippen LogP contribution in [0.3, 0.4) is 0 Å². The first-order valence-corrected chi connectivity index (χ1v) is 4.57. The van der Waals surface area contributed by atoms with Crippen LogP contribution in [0.2, 0.25) is 0 Å². The van der Waals surface area contributed by atoms with Gasteiger partial charge in [0, 0.05) is 6.04 Å². The second kappa shape index (κ2) is 2.44. The number of hydrogen-bond acceptors (Lipinski definition) is 3. The van der Waals surface area contributed by atoms with Gasteiger partial charge in [-0.05, 0) is 27.2 Å². The first-order valence-electron chi connectivity index (χ1n) is 4.57. The zero-order valence-corrected chi connectivity index (χ0v) is 8.02. The number of hydrogen-bond donors (Lipinski definition) is 1. The van der Waals surface area contributed by atoms with Crippen molar-refractivity contribution in [3.05, 3.63) is 0 Å². The van der Waals surface area contributed by atoms with Gasteiger partial charge in [-0.3, -0.25) is 5.32 Å². The molecular formula is C9H17NO2. The Hall–Kier alpha value is -0.120. The lowest BCUT2D eigenvalue weighted by Gasteiger charge is -2.52. The third kappa shape index (κ3) is 1.37. The molecule has 2 saturated heterocycles. The highest BCUT2D eigenvalue weighted by atomic mass is 16.6. The van der Waals surface area contributed by atoms with Gasteiger partial charge in [0.05, 0.1) is 18.8 Å². The molecule has 1 N–H and O–H groups in total. The lowest BCUT2D eigenvalue weighted by Crippen LogP contribution is -2.70. The van der Waals surface area contributed by atoms with E-state index in [9.17, 15) is 0 Å². The summed E-state index contributed by atoms with van der Waals surface area (Å²) < 4.78 is 11.1. The minimum absolute atomic E-state index is 0.00551. The van der Waals surface area contributed by atoms with E-state index in [1.54, 1.807) is 0 Å². The highest BCUT2D eigenvalue weighted by molar-refractivity contribution is 4.96. The normalized spacial score (nSPS) is 37.8. The van der Waals surface area contributed by atoms with Crippen LogP contribution in [0.25, 0.3) is 0 Å². The molecule has 0 aromatic carbocycles. The van der Waals surface area contributed by atoms with Gasteiger partial charge in [0.25, 0.3) is 0 Å². The summed E-state index contributed by atoms with van der Waals surface area (Å²) in [6.45, 7) is 7.88. The van der Waals surface area contributed by atoms with Crippen LogP contribution >= 0.6 is 0 Å².